The summed E-state index contributed by atoms with van der Waals surface area (Å²) in [6.07, 6.45) is 3.61. The number of amides is 2. The van der Waals surface area contributed by atoms with Gasteiger partial charge in [0.1, 0.15) is 6.04 Å². The molecule has 2 amide bonds. The van der Waals surface area contributed by atoms with Gasteiger partial charge in [0, 0.05) is 43.4 Å². The predicted octanol–water partition coefficient (Wildman–Crippen LogP) is 4.87. The molecule has 1 aliphatic rings. The van der Waals surface area contributed by atoms with Crippen LogP contribution in [0.1, 0.15) is 22.7 Å². The summed E-state index contributed by atoms with van der Waals surface area (Å²) in [5.41, 5.74) is 4.25. The van der Waals surface area contributed by atoms with Crippen LogP contribution < -0.4 is 10.2 Å². The molecule has 5 rings (SSSR count). The Bertz CT molecular complexity index is 1340. The number of ether oxygens (including phenoxy) is 1. The van der Waals surface area contributed by atoms with E-state index in [4.69, 9.17) is 4.74 Å². The Kier molecular flexibility index (Phi) is 8.61. The van der Waals surface area contributed by atoms with Gasteiger partial charge < -0.3 is 19.9 Å². The summed E-state index contributed by atoms with van der Waals surface area (Å²) in [7, 11) is 0. The quantitative estimate of drug-likeness (QED) is 0.341. The lowest BCUT2D eigenvalue weighted by atomic mass is 10.0. The Morgan fingerprint density at radius 2 is 1.51 bits per heavy atom. The lowest BCUT2D eigenvalue weighted by Gasteiger charge is -2.32. The zero-order chi connectivity index (χ0) is 26.9. The molecule has 1 aliphatic heterocycles. The third-order valence-electron chi connectivity index (χ3n) is 6.78. The predicted molar refractivity (Wildman–Crippen MR) is 152 cm³/mol. The molecule has 2 heterocycles. The maximum absolute atomic E-state index is 13.9. The monoisotopic (exact) mass is 520 g/mol. The Labute approximate surface area is 229 Å². The van der Waals surface area contributed by atoms with E-state index in [1.165, 1.54) is 0 Å². The summed E-state index contributed by atoms with van der Waals surface area (Å²) >= 11 is 0. The van der Waals surface area contributed by atoms with Crippen molar-refractivity contribution in [3.8, 4) is 0 Å². The van der Waals surface area contributed by atoms with Crippen molar-refractivity contribution in [2.75, 3.05) is 36.5 Å². The van der Waals surface area contributed by atoms with Crippen molar-refractivity contribution in [2.24, 2.45) is 0 Å². The molecule has 1 saturated heterocycles. The molecule has 7 nitrogen and oxygen atoms in total. The molecule has 0 saturated carbocycles. The second-order valence-corrected chi connectivity index (χ2v) is 9.49. The molecule has 3 aromatic carbocycles. The summed E-state index contributed by atoms with van der Waals surface area (Å²) in [4.78, 5) is 35.9. The SMILES string of the molecule is O=C(Nc1ccc(N2CCOCC2)cc1)[C@H](c1ccccc1)N(Cc1cccnc1)C(=O)Cc1ccccc1. The first kappa shape index (κ1) is 26.1. The Balaban J connectivity index is 1.43. The Hall–Kier alpha value is -4.49. The van der Waals surface area contributed by atoms with Gasteiger partial charge in [0.2, 0.25) is 5.91 Å². The molecular weight excluding hydrogens is 488 g/mol. The van der Waals surface area contributed by atoms with Crippen LogP contribution >= 0.6 is 0 Å². The first-order valence-electron chi connectivity index (χ1n) is 13.2. The average molecular weight is 521 g/mol. The summed E-state index contributed by atoms with van der Waals surface area (Å²) in [6.45, 7) is 3.35. The van der Waals surface area contributed by atoms with Crippen LogP contribution in [0.3, 0.4) is 0 Å². The standard InChI is InChI=1S/C32H32N4O3/c37-30(22-25-8-3-1-4-9-25)36(24-26-10-7-17-33-23-26)31(27-11-5-2-6-12-27)32(38)34-28-13-15-29(16-14-28)35-18-20-39-21-19-35/h1-17,23,31H,18-22,24H2,(H,34,38)/t31-/m0/s1. The van der Waals surface area contributed by atoms with E-state index in [0.29, 0.717) is 18.9 Å². The number of nitrogens with zero attached hydrogens (tertiary/aromatic N) is 3. The van der Waals surface area contributed by atoms with E-state index < -0.39 is 6.04 Å². The third kappa shape index (κ3) is 6.89. The van der Waals surface area contributed by atoms with Crippen LogP contribution in [0.5, 0.6) is 0 Å². The Morgan fingerprint density at radius 3 is 2.18 bits per heavy atom. The van der Waals surface area contributed by atoms with E-state index in [1.54, 1.807) is 17.3 Å². The summed E-state index contributed by atoms with van der Waals surface area (Å²) < 4.78 is 5.45. The number of benzene rings is 3. The summed E-state index contributed by atoms with van der Waals surface area (Å²) in [5.74, 6) is -0.414. The zero-order valence-corrected chi connectivity index (χ0v) is 21.8. The van der Waals surface area contributed by atoms with Crippen LogP contribution in [-0.4, -0.2) is 48.0 Å². The van der Waals surface area contributed by atoms with Crippen LogP contribution in [0.15, 0.2) is 109 Å². The highest BCUT2D eigenvalue weighted by Gasteiger charge is 2.31. The van der Waals surface area contributed by atoms with Gasteiger partial charge in [0.05, 0.1) is 19.6 Å². The number of morpholine rings is 1. The lowest BCUT2D eigenvalue weighted by molar-refractivity contribution is -0.139. The van der Waals surface area contributed by atoms with E-state index in [0.717, 1.165) is 35.5 Å². The van der Waals surface area contributed by atoms with Crippen molar-refractivity contribution in [2.45, 2.75) is 19.0 Å². The van der Waals surface area contributed by atoms with Crippen LogP contribution in [0.2, 0.25) is 0 Å². The lowest BCUT2D eigenvalue weighted by Crippen LogP contribution is -2.41. The van der Waals surface area contributed by atoms with E-state index in [9.17, 15) is 9.59 Å². The van der Waals surface area contributed by atoms with Crippen molar-refractivity contribution in [3.05, 3.63) is 126 Å². The number of carbonyl (C=O) groups is 2. The van der Waals surface area contributed by atoms with Gasteiger partial charge in [-0.1, -0.05) is 66.7 Å². The number of anilines is 2. The molecule has 7 heteroatoms. The molecule has 0 unspecified atom stereocenters. The minimum atomic E-state index is -0.832. The first-order chi connectivity index (χ1) is 19.2. The molecule has 0 radical (unpaired) electrons. The molecule has 1 atom stereocenters. The number of hydrogen-bond donors (Lipinski definition) is 1. The molecular formula is C32H32N4O3. The normalized spacial score (nSPS) is 13.9. The highest BCUT2D eigenvalue weighted by Crippen LogP contribution is 2.27. The fourth-order valence-electron chi connectivity index (χ4n) is 4.78. The van der Waals surface area contributed by atoms with E-state index in [2.05, 4.69) is 15.2 Å². The summed E-state index contributed by atoms with van der Waals surface area (Å²) in [6, 6.07) is 29.8. The van der Waals surface area contributed by atoms with E-state index >= 15 is 0 Å². The minimum Gasteiger partial charge on any atom is -0.378 e. The van der Waals surface area contributed by atoms with Gasteiger partial charge >= 0.3 is 0 Å². The Morgan fingerprint density at radius 1 is 0.846 bits per heavy atom. The van der Waals surface area contributed by atoms with Crippen molar-refractivity contribution in [1.29, 1.82) is 0 Å². The van der Waals surface area contributed by atoms with Gasteiger partial charge in [0.25, 0.3) is 5.91 Å². The van der Waals surface area contributed by atoms with Crippen molar-refractivity contribution < 1.29 is 14.3 Å². The van der Waals surface area contributed by atoms with Gasteiger partial charge in [-0.2, -0.15) is 0 Å². The largest absolute Gasteiger partial charge is 0.378 e. The molecule has 0 aliphatic carbocycles. The van der Waals surface area contributed by atoms with Crippen LogP contribution in [-0.2, 0) is 27.3 Å². The van der Waals surface area contributed by atoms with Crippen molar-refractivity contribution >= 4 is 23.2 Å². The average Bonchev–Trinajstić information content (AvgIpc) is 2.99. The van der Waals surface area contributed by atoms with Gasteiger partial charge in [0.15, 0.2) is 0 Å². The first-order valence-corrected chi connectivity index (χ1v) is 13.2. The molecule has 1 aromatic heterocycles. The van der Waals surface area contributed by atoms with Crippen LogP contribution in [0.4, 0.5) is 11.4 Å². The van der Waals surface area contributed by atoms with Gasteiger partial charge in [-0.05, 0) is 47.0 Å². The second-order valence-electron chi connectivity index (χ2n) is 9.49. The van der Waals surface area contributed by atoms with Crippen molar-refractivity contribution in [1.82, 2.24) is 9.88 Å². The van der Waals surface area contributed by atoms with Gasteiger partial charge in [-0.25, -0.2) is 0 Å². The molecule has 1 N–H and O–H groups in total. The van der Waals surface area contributed by atoms with E-state index in [-0.39, 0.29) is 24.8 Å². The maximum Gasteiger partial charge on any atom is 0.251 e. The smallest absolute Gasteiger partial charge is 0.251 e. The van der Waals surface area contributed by atoms with Gasteiger partial charge in [-0.3, -0.25) is 14.6 Å². The van der Waals surface area contributed by atoms with E-state index in [1.807, 2.05) is 97.1 Å². The number of rotatable bonds is 9. The summed E-state index contributed by atoms with van der Waals surface area (Å²) in [5, 5.41) is 3.06. The topological polar surface area (TPSA) is 74.8 Å². The molecule has 0 bridgehead atoms. The molecule has 1 fully saturated rings. The molecule has 4 aromatic rings. The second kappa shape index (κ2) is 12.8. The highest BCUT2D eigenvalue weighted by molar-refractivity contribution is 5.98. The molecule has 0 spiro atoms. The van der Waals surface area contributed by atoms with Crippen molar-refractivity contribution in [3.63, 3.8) is 0 Å². The number of pyridine rings is 1. The molecule has 198 valence electrons. The number of hydrogen-bond acceptors (Lipinski definition) is 5. The zero-order valence-electron chi connectivity index (χ0n) is 21.8. The fraction of sp³-hybridized carbons (Fsp3) is 0.219. The third-order valence-corrected chi connectivity index (χ3v) is 6.78. The van der Waals surface area contributed by atoms with Crippen LogP contribution in [0.25, 0.3) is 0 Å². The number of nitrogens with one attached hydrogen (secondary N) is 1. The van der Waals surface area contributed by atoms with Crippen LogP contribution in [0, 0.1) is 0 Å². The number of carbonyl (C=O) groups excluding carboxylic acids is 2. The van der Waals surface area contributed by atoms with Gasteiger partial charge in [-0.15, -0.1) is 0 Å². The maximum atomic E-state index is 13.9. The minimum absolute atomic E-state index is 0.142. The fourth-order valence-corrected chi connectivity index (χ4v) is 4.78. The molecule has 39 heavy (non-hydrogen) atoms. The number of aromatic nitrogens is 1. The highest BCUT2D eigenvalue weighted by atomic mass is 16.5.